The van der Waals surface area contributed by atoms with Crippen LogP contribution in [0.3, 0.4) is 0 Å². The van der Waals surface area contributed by atoms with Crippen LogP contribution in [0.4, 0.5) is 4.39 Å². The van der Waals surface area contributed by atoms with Gasteiger partial charge in [-0.1, -0.05) is 12.1 Å². The number of aromatic nitrogens is 4. The zero-order chi connectivity index (χ0) is 19.0. The lowest BCUT2D eigenvalue weighted by Crippen LogP contribution is -2.02. The fourth-order valence-corrected chi connectivity index (χ4v) is 3.12. The number of hydrogen-bond donors (Lipinski definition) is 0. The molecule has 0 unspecified atom stereocenters. The van der Waals surface area contributed by atoms with Crippen molar-refractivity contribution < 1.29 is 13.9 Å². The van der Waals surface area contributed by atoms with Crippen LogP contribution in [0.2, 0.25) is 0 Å². The SMILES string of the molecule is COC(=O)c1cn(Cc2ccc(-c3cnn(C)c3)cc2F)c2cccnc12. The highest BCUT2D eigenvalue weighted by Crippen LogP contribution is 2.25. The number of carbonyl (C=O) groups excluding carboxylic acids is 1. The van der Waals surface area contributed by atoms with E-state index in [2.05, 4.69) is 10.1 Å². The Bertz CT molecular complexity index is 1150. The van der Waals surface area contributed by atoms with Crippen molar-refractivity contribution in [3.8, 4) is 11.1 Å². The Morgan fingerprint density at radius 3 is 2.78 bits per heavy atom. The molecule has 0 aliphatic carbocycles. The van der Waals surface area contributed by atoms with E-state index in [-0.39, 0.29) is 12.4 Å². The maximum Gasteiger partial charge on any atom is 0.341 e. The third-order valence-electron chi connectivity index (χ3n) is 4.47. The van der Waals surface area contributed by atoms with Crippen molar-refractivity contribution in [2.24, 2.45) is 7.05 Å². The lowest BCUT2D eigenvalue weighted by molar-refractivity contribution is 0.0602. The molecule has 0 radical (unpaired) electrons. The van der Waals surface area contributed by atoms with Crippen molar-refractivity contribution in [2.45, 2.75) is 6.54 Å². The summed E-state index contributed by atoms with van der Waals surface area (Å²) in [5, 5.41) is 4.11. The lowest BCUT2D eigenvalue weighted by Gasteiger charge is -2.08. The van der Waals surface area contributed by atoms with Crippen LogP contribution < -0.4 is 0 Å². The van der Waals surface area contributed by atoms with Crippen LogP contribution in [0.15, 0.2) is 55.1 Å². The Kier molecular flexibility index (Phi) is 4.19. The van der Waals surface area contributed by atoms with E-state index < -0.39 is 5.97 Å². The van der Waals surface area contributed by atoms with Gasteiger partial charge in [-0.2, -0.15) is 5.10 Å². The number of hydrogen-bond acceptors (Lipinski definition) is 4. The predicted molar refractivity (Wildman–Crippen MR) is 98.8 cm³/mol. The van der Waals surface area contributed by atoms with Crippen molar-refractivity contribution in [1.82, 2.24) is 19.3 Å². The number of pyridine rings is 1. The van der Waals surface area contributed by atoms with Gasteiger partial charge in [0.25, 0.3) is 0 Å². The van der Waals surface area contributed by atoms with E-state index in [0.29, 0.717) is 16.6 Å². The highest BCUT2D eigenvalue weighted by atomic mass is 19.1. The summed E-state index contributed by atoms with van der Waals surface area (Å²) in [5.74, 6) is -0.786. The molecule has 0 aliphatic heterocycles. The second-order valence-electron chi connectivity index (χ2n) is 6.24. The van der Waals surface area contributed by atoms with Crippen LogP contribution >= 0.6 is 0 Å². The summed E-state index contributed by atoms with van der Waals surface area (Å²) in [6, 6.07) is 8.73. The summed E-state index contributed by atoms with van der Waals surface area (Å²) in [5.41, 5.74) is 3.77. The zero-order valence-electron chi connectivity index (χ0n) is 14.9. The molecule has 0 saturated carbocycles. The number of carbonyl (C=O) groups is 1. The Labute approximate surface area is 154 Å². The van der Waals surface area contributed by atoms with Crippen LogP contribution in [0, 0.1) is 5.82 Å². The minimum atomic E-state index is -0.468. The zero-order valence-corrected chi connectivity index (χ0v) is 14.9. The predicted octanol–water partition coefficient (Wildman–Crippen LogP) is 3.41. The monoisotopic (exact) mass is 364 g/mol. The highest BCUT2D eigenvalue weighted by molar-refractivity contribution is 6.02. The fraction of sp³-hybridized carbons (Fsp3) is 0.150. The number of aryl methyl sites for hydroxylation is 1. The largest absolute Gasteiger partial charge is 0.465 e. The molecule has 136 valence electrons. The van der Waals surface area contributed by atoms with Crippen molar-refractivity contribution in [3.63, 3.8) is 0 Å². The molecule has 4 aromatic rings. The lowest BCUT2D eigenvalue weighted by atomic mass is 10.1. The molecule has 27 heavy (non-hydrogen) atoms. The Morgan fingerprint density at radius 2 is 2.07 bits per heavy atom. The van der Waals surface area contributed by atoms with E-state index in [1.807, 2.05) is 25.4 Å². The minimum Gasteiger partial charge on any atom is -0.465 e. The highest BCUT2D eigenvalue weighted by Gasteiger charge is 2.17. The summed E-state index contributed by atoms with van der Waals surface area (Å²) in [4.78, 5) is 16.3. The summed E-state index contributed by atoms with van der Waals surface area (Å²) < 4.78 is 23.0. The van der Waals surface area contributed by atoms with Crippen LogP contribution in [0.1, 0.15) is 15.9 Å². The molecule has 6 nitrogen and oxygen atoms in total. The number of fused-ring (bicyclic) bond motifs is 1. The molecule has 0 N–H and O–H groups in total. The van der Waals surface area contributed by atoms with Crippen molar-refractivity contribution in [2.75, 3.05) is 7.11 Å². The molecule has 7 heteroatoms. The molecular formula is C20H17FN4O2. The van der Waals surface area contributed by atoms with Gasteiger partial charge in [-0.3, -0.25) is 9.67 Å². The van der Waals surface area contributed by atoms with Crippen LogP contribution in [-0.2, 0) is 18.3 Å². The normalized spacial score (nSPS) is 11.1. The van der Waals surface area contributed by atoms with E-state index in [9.17, 15) is 9.18 Å². The topological polar surface area (TPSA) is 61.9 Å². The first kappa shape index (κ1) is 17.0. The van der Waals surface area contributed by atoms with Gasteiger partial charge in [0, 0.05) is 36.8 Å². The maximum atomic E-state index is 14.7. The first-order valence-corrected chi connectivity index (χ1v) is 8.36. The molecule has 3 aromatic heterocycles. The second-order valence-corrected chi connectivity index (χ2v) is 6.24. The molecule has 0 fully saturated rings. The maximum absolute atomic E-state index is 14.7. The minimum absolute atomic E-state index is 0.276. The fourth-order valence-electron chi connectivity index (χ4n) is 3.12. The van der Waals surface area contributed by atoms with Gasteiger partial charge in [-0.05, 0) is 23.8 Å². The molecule has 0 aliphatic rings. The average Bonchev–Trinajstić information content (AvgIpc) is 3.27. The third-order valence-corrected chi connectivity index (χ3v) is 4.47. The molecule has 0 spiro atoms. The Balaban J connectivity index is 1.71. The number of methoxy groups -OCH3 is 1. The molecule has 0 saturated heterocycles. The van der Waals surface area contributed by atoms with E-state index in [4.69, 9.17) is 4.74 Å². The van der Waals surface area contributed by atoms with Crippen molar-refractivity contribution in [1.29, 1.82) is 0 Å². The van der Waals surface area contributed by atoms with E-state index in [1.54, 1.807) is 40.0 Å². The van der Waals surface area contributed by atoms with Crippen LogP contribution in [0.5, 0.6) is 0 Å². The number of benzene rings is 1. The third kappa shape index (κ3) is 3.08. The molecule has 0 amide bonds. The summed E-state index contributed by atoms with van der Waals surface area (Å²) >= 11 is 0. The van der Waals surface area contributed by atoms with Crippen molar-refractivity contribution >= 4 is 17.0 Å². The van der Waals surface area contributed by atoms with Crippen molar-refractivity contribution in [3.05, 3.63) is 72.1 Å². The van der Waals surface area contributed by atoms with Gasteiger partial charge < -0.3 is 9.30 Å². The quantitative estimate of drug-likeness (QED) is 0.521. The number of nitrogens with zero attached hydrogens (tertiary/aromatic N) is 4. The molecule has 3 heterocycles. The molecular weight excluding hydrogens is 347 g/mol. The van der Waals surface area contributed by atoms with Crippen LogP contribution in [-0.4, -0.2) is 32.4 Å². The standard InChI is InChI=1S/C20H17FN4O2/c1-24-10-15(9-23-24)13-5-6-14(17(21)8-13)11-25-12-16(20(26)27-2)19-18(25)4-3-7-22-19/h3-10,12H,11H2,1-2H3. The van der Waals surface area contributed by atoms with Gasteiger partial charge in [-0.15, -0.1) is 0 Å². The summed E-state index contributed by atoms with van der Waals surface area (Å²) in [6.45, 7) is 0.276. The Morgan fingerprint density at radius 1 is 1.22 bits per heavy atom. The van der Waals surface area contributed by atoms with Gasteiger partial charge in [0.15, 0.2) is 0 Å². The molecule has 4 rings (SSSR count). The Hall–Kier alpha value is -3.48. The van der Waals surface area contributed by atoms with Gasteiger partial charge in [0.05, 0.1) is 25.4 Å². The summed E-state index contributed by atoms with van der Waals surface area (Å²) in [6.07, 6.45) is 6.80. The van der Waals surface area contributed by atoms with E-state index >= 15 is 0 Å². The number of halogens is 1. The first-order valence-electron chi connectivity index (χ1n) is 8.36. The molecule has 1 aromatic carbocycles. The second kappa shape index (κ2) is 6.68. The molecule has 0 atom stereocenters. The van der Waals surface area contributed by atoms with Gasteiger partial charge in [0.1, 0.15) is 16.9 Å². The average molecular weight is 364 g/mol. The smallest absolute Gasteiger partial charge is 0.341 e. The molecule has 0 bridgehead atoms. The van der Waals surface area contributed by atoms with Gasteiger partial charge in [-0.25, -0.2) is 9.18 Å². The summed E-state index contributed by atoms with van der Waals surface area (Å²) in [7, 11) is 3.14. The van der Waals surface area contributed by atoms with E-state index in [1.165, 1.54) is 13.2 Å². The number of esters is 1. The number of ether oxygens (including phenoxy) is 1. The van der Waals surface area contributed by atoms with Gasteiger partial charge in [0.2, 0.25) is 0 Å². The van der Waals surface area contributed by atoms with E-state index in [0.717, 1.165) is 16.6 Å². The first-order chi connectivity index (χ1) is 13.1. The van der Waals surface area contributed by atoms with Crippen LogP contribution in [0.25, 0.3) is 22.2 Å². The van der Waals surface area contributed by atoms with Gasteiger partial charge >= 0.3 is 5.97 Å². The number of rotatable bonds is 4.